The van der Waals surface area contributed by atoms with Gasteiger partial charge in [0.2, 0.25) is 0 Å². The first-order chi connectivity index (χ1) is 10.0. The molecule has 0 fully saturated rings. The number of hydrogen-bond acceptors (Lipinski definition) is 4. The Kier molecular flexibility index (Phi) is 4.93. The molecule has 7 heteroatoms. The molecule has 112 valence electrons. The van der Waals surface area contributed by atoms with Crippen molar-refractivity contribution in [2.45, 2.75) is 26.4 Å². The second-order valence-corrected chi connectivity index (χ2v) is 5.19. The van der Waals surface area contributed by atoms with Crippen LogP contribution in [0.15, 0.2) is 24.3 Å². The molecule has 0 aliphatic heterocycles. The van der Waals surface area contributed by atoms with E-state index in [0.29, 0.717) is 29.4 Å². The predicted octanol–water partition coefficient (Wildman–Crippen LogP) is 1.73. The molecular formula is C14H17ClN4O2. The van der Waals surface area contributed by atoms with Gasteiger partial charge in [-0.1, -0.05) is 28.9 Å². The number of nitrogens with zero attached hydrogens (tertiary/aromatic N) is 3. The van der Waals surface area contributed by atoms with Crippen molar-refractivity contribution in [2.24, 2.45) is 0 Å². The third kappa shape index (κ3) is 3.59. The Morgan fingerprint density at radius 3 is 2.86 bits per heavy atom. The fourth-order valence-electron chi connectivity index (χ4n) is 1.87. The van der Waals surface area contributed by atoms with Gasteiger partial charge in [0.25, 0.3) is 5.91 Å². The zero-order chi connectivity index (χ0) is 15.4. The summed E-state index contributed by atoms with van der Waals surface area (Å²) in [5.41, 5.74) is 1.53. The van der Waals surface area contributed by atoms with Crippen LogP contribution in [0.4, 0.5) is 0 Å². The van der Waals surface area contributed by atoms with Crippen LogP contribution in [0, 0.1) is 6.92 Å². The monoisotopic (exact) mass is 308 g/mol. The van der Waals surface area contributed by atoms with Gasteiger partial charge in [0, 0.05) is 6.54 Å². The van der Waals surface area contributed by atoms with Crippen LogP contribution in [0.1, 0.15) is 29.5 Å². The molecule has 2 N–H and O–H groups in total. The lowest BCUT2D eigenvalue weighted by Crippen LogP contribution is -2.27. The van der Waals surface area contributed by atoms with Crippen LogP contribution in [0.3, 0.4) is 0 Å². The molecule has 0 aliphatic rings. The fourth-order valence-corrected chi connectivity index (χ4v) is 2.09. The summed E-state index contributed by atoms with van der Waals surface area (Å²) in [6, 6.07) is 7.21. The number of nitrogens with one attached hydrogen (secondary N) is 1. The van der Waals surface area contributed by atoms with Gasteiger partial charge < -0.3 is 10.4 Å². The topological polar surface area (TPSA) is 80.0 Å². The van der Waals surface area contributed by atoms with Gasteiger partial charge in [0.1, 0.15) is 0 Å². The highest BCUT2D eigenvalue weighted by atomic mass is 35.5. The summed E-state index contributed by atoms with van der Waals surface area (Å²) < 4.78 is 1.53. The van der Waals surface area contributed by atoms with E-state index in [1.165, 1.54) is 4.68 Å². The molecule has 1 aromatic carbocycles. The van der Waals surface area contributed by atoms with Gasteiger partial charge in [0.15, 0.2) is 5.69 Å². The standard InChI is InChI=1S/C14H17ClN4O2/c1-9(20)7-8-16-14(21)13-10(2)19(18-17-13)12-6-4-3-5-11(12)15/h3-6,9,20H,7-8H2,1-2H3,(H,16,21). The minimum Gasteiger partial charge on any atom is -0.393 e. The van der Waals surface area contributed by atoms with Crippen molar-refractivity contribution in [3.63, 3.8) is 0 Å². The van der Waals surface area contributed by atoms with Gasteiger partial charge in [-0.3, -0.25) is 4.79 Å². The summed E-state index contributed by atoms with van der Waals surface area (Å²) in [6.07, 6.45) is 0.0360. The Balaban J connectivity index is 2.17. The number of aliphatic hydroxyl groups is 1. The summed E-state index contributed by atoms with van der Waals surface area (Å²) in [5.74, 6) is -0.313. The van der Waals surface area contributed by atoms with Crippen molar-refractivity contribution in [1.29, 1.82) is 0 Å². The molecule has 2 aromatic rings. The van der Waals surface area contributed by atoms with Crippen LogP contribution in [0.2, 0.25) is 5.02 Å². The number of hydrogen-bond donors (Lipinski definition) is 2. The van der Waals surface area contributed by atoms with Gasteiger partial charge in [-0.05, 0) is 32.4 Å². The van der Waals surface area contributed by atoms with Crippen molar-refractivity contribution in [1.82, 2.24) is 20.3 Å². The van der Waals surface area contributed by atoms with E-state index in [4.69, 9.17) is 11.6 Å². The first-order valence-electron chi connectivity index (χ1n) is 6.64. The third-order valence-electron chi connectivity index (χ3n) is 3.04. The van der Waals surface area contributed by atoms with Crippen LogP contribution >= 0.6 is 11.6 Å². The minimum atomic E-state index is -0.454. The number of para-hydroxylation sites is 1. The van der Waals surface area contributed by atoms with E-state index in [0.717, 1.165) is 0 Å². The van der Waals surface area contributed by atoms with Crippen molar-refractivity contribution >= 4 is 17.5 Å². The highest BCUT2D eigenvalue weighted by molar-refractivity contribution is 6.32. The minimum absolute atomic E-state index is 0.250. The summed E-state index contributed by atoms with van der Waals surface area (Å²) in [5, 5.41) is 20.3. The summed E-state index contributed by atoms with van der Waals surface area (Å²) in [7, 11) is 0. The van der Waals surface area contributed by atoms with Crippen molar-refractivity contribution in [2.75, 3.05) is 6.54 Å². The van der Waals surface area contributed by atoms with Crippen molar-refractivity contribution < 1.29 is 9.90 Å². The maximum atomic E-state index is 12.0. The van der Waals surface area contributed by atoms with E-state index in [9.17, 15) is 9.90 Å². The molecule has 1 aromatic heterocycles. The molecule has 0 aliphatic carbocycles. The van der Waals surface area contributed by atoms with E-state index in [2.05, 4.69) is 15.6 Å². The summed E-state index contributed by atoms with van der Waals surface area (Å²) in [6.45, 7) is 3.81. The van der Waals surface area contributed by atoms with E-state index < -0.39 is 6.10 Å². The summed E-state index contributed by atoms with van der Waals surface area (Å²) >= 11 is 6.12. The average molecular weight is 309 g/mol. The van der Waals surface area contributed by atoms with Crippen LogP contribution < -0.4 is 5.32 Å². The molecular weight excluding hydrogens is 292 g/mol. The van der Waals surface area contributed by atoms with Crippen LogP contribution in [0.5, 0.6) is 0 Å². The maximum absolute atomic E-state index is 12.0. The Bertz CT molecular complexity index is 640. The van der Waals surface area contributed by atoms with Crippen molar-refractivity contribution in [3.05, 3.63) is 40.7 Å². The molecule has 1 heterocycles. The SMILES string of the molecule is Cc1c(C(=O)NCCC(C)O)nnn1-c1ccccc1Cl. The van der Waals surface area contributed by atoms with Crippen molar-refractivity contribution in [3.8, 4) is 5.69 Å². The molecule has 0 radical (unpaired) electrons. The molecule has 0 saturated carbocycles. The van der Waals surface area contributed by atoms with E-state index in [1.807, 2.05) is 12.1 Å². The van der Waals surface area contributed by atoms with Gasteiger partial charge in [0.05, 0.1) is 22.5 Å². The first kappa shape index (κ1) is 15.5. The Labute approximate surface area is 127 Å². The molecule has 1 atom stereocenters. The molecule has 2 rings (SSSR count). The zero-order valence-corrected chi connectivity index (χ0v) is 12.6. The fraction of sp³-hybridized carbons (Fsp3) is 0.357. The van der Waals surface area contributed by atoms with Gasteiger partial charge >= 0.3 is 0 Å². The maximum Gasteiger partial charge on any atom is 0.273 e. The summed E-state index contributed by atoms with van der Waals surface area (Å²) in [4.78, 5) is 12.0. The molecule has 0 bridgehead atoms. The molecule has 1 unspecified atom stereocenters. The van der Waals surface area contributed by atoms with E-state index in [-0.39, 0.29) is 11.6 Å². The lowest BCUT2D eigenvalue weighted by Gasteiger charge is -2.07. The van der Waals surface area contributed by atoms with Gasteiger partial charge in [-0.25, -0.2) is 4.68 Å². The number of carbonyl (C=O) groups is 1. The quantitative estimate of drug-likeness (QED) is 0.881. The third-order valence-corrected chi connectivity index (χ3v) is 3.36. The van der Waals surface area contributed by atoms with E-state index >= 15 is 0 Å². The Morgan fingerprint density at radius 1 is 1.48 bits per heavy atom. The Hall–Kier alpha value is -1.92. The molecule has 6 nitrogen and oxygen atoms in total. The number of amides is 1. The first-order valence-corrected chi connectivity index (χ1v) is 7.02. The molecule has 1 amide bonds. The number of rotatable bonds is 5. The lowest BCUT2D eigenvalue weighted by atomic mass is 10.2. The number of aliphatic hydroxyl groups excluding tert-OH is 1. The van der Waals surface area contributed by atoms with Crippen LogP contribution in [0.25, 0.3) is 5.69 Å². The molecule has 0 spiro atoms. The normalized spacial score (nSPS) is 12.2. The largest absolute Gasteiger partial charge is 0.393 e. The predicted molar refractivity (Wildman–Crippen MR) is 79.7 cm³/mol. The number of halogens is 1. The number of aromatic nitrogens is 3. The number of carbonyl (C=O) groups excluding carboxylic acids is 1. The Morgan fingerprint density at radius 2 is 2.19 bits per heavy atom. The van der Waals surface area contributed by atoms with Gasteiger partial charge in [-0.15, -0.1) is 5.10 Å². The van der Waals surface area contributed by atoms with Gasteiger partial charge in [-0.2, -0.15) is 0 Å². The second kappa shape index (κ2) is 6.69. The zero-order valence-electron chi connectivity index (χ0n) is 11.9. The van der Waals surface area contributed by atoms with Crippen LogP contribution in [-0.2, 0) is 0 Å². The highest BCUT2D eigenvalue weighted by Crippen LogP contribution is 2.20. The van der Waals surface area contributed by atoms with E-state index in [1.54, 1.807) is 26.0 Å². The smallest absolute Gasteiger partial charge is 0.273 e. The highest BCUT2D eigenvalue weighted by Gasteiger charge is 2.18. The second-order valence-electron chi connectivity index (χ2n) is 4.78. The molecule has 0 saturated heterocycles. The number of benzene rings is 1. The average Bonchev–Trinajstić information content (AvgIpc) is 2.80. The molecule has 21 heavy (non-hydrogen) atoms. The lowest BCUT2D eigenvalue weighted by molar-refractivity contribution is 0.0940. The van der Waals surface area contributed by atoms with Crippen LogP contribution in [-0.4, -0.2) is 38.7 Å².